The second kappa shape index (κ2) is 5.17. The van der Waals surface area contributed by atoms with E-state index in [-0.39, 0.29) is 5.75 Å². The van der Waals surface area contributed by atoms with Crippen LogP contribution in [0.3, 0.4) is 0 Å². The summed E-state index contributed by atoms with van der Waals surface area (Å²) in [5.41, 5.74) is 8.24. The van der Waals surface area contributed by atoms with Crippen LogP contribution in [0.25, 0.3) is 0 Å². The largest absolute Gasteiger partial charge is 0.453 e. The maximum absolute atomic E-state index is 13.8. The highest BCUT2D eigenvalue weighted by Gasteiger charge is 2.13. The Balaban J connectivity index is 2.51. The van der Waals surface area contributed by atoms with Crippen LogP contribution in [0.4, 0.5) is 10.1 Å². The highest BCUT2D eigenvalue weighted by atomic mass is 19.1. The van der Waals surface area contributed by atoms with Gasteiger partial charge in [0.2, 0.25) is 0 Å². The molecule has 2 rings (SSSR count). The number of nitrogens with zero attached hydrogens (tertiary/aromatic N) is 2. The zero-order chi connectivity index (χ0) is 14.9. The van der Waals surface area contributed by atoms with E-state index >= 15 is 0 Å². The lowest BCUT2D eigenvalue weighted by atomic mass is 10.1. The van der Waals surface area contributed by atoms with Crippen molar-refractivity contribution in [2.24, 2.45) is 0 Å². The first-order valence-electron chi connectivity index (χ1n) is 6.04. The van der Waals surface area contributed by atoms with E-state index < -0.39 is 5.82 Å². The molecule has 0 fully saturated rings. The molecular formula is C15H14FN3O. The molecular weight excluding hydrogens is 257 g/mol. The zero-order valence-electron chi connectivity index (χ0n) is 11.5. The molecule has 0 spiro atoms. The number of halogens is 1. The fraction of sp³-hybridized carbons (Fsp3) is 0.200. The van der Waals surface area contributed by atoms with Gasteiger partial charge in [-0.15, -0.1) is 0 Å². The molecule has 0 bridgehead atoms. The van der Waals surface area contributed by atoms with Crippen LogP contribution in [-0.4, -0.2) is 4.98 Å². The molecule has 2 N–H and O–H groups in total. The molecule has 0 atom stereocenters. The summed E-state index contributed by atoms with van der Waals surface area (Å²) < 4.78 is 19.4. The van der Waals surface area contributed by atoms with Gasteiger partial charge in [0.1, 0.15) is 17.4 Å². The molecule has 5 heteroatoms. The quantitative estimate of drug-likeness (QED) is 0.850. The van der Waals surface area contributed by atoms with E-state index in [1.807, 2.05) is 6.07 Å². The highest BCUT2D eigenvalue weighted by Crippen LogP contribution is 2.31. The van der Waals surface area contributed by atoms with Crippen molar-refractivity contribution in [3.63, 3.8) is 0 Å². The van der Waals surface area contributed by atoms with Gasteiger partial charge >= 0.3 is 0 Å². The monoisotopic (exact) mass is 271 g/mol. The van der Waals surface area contributed by atoms with Crippen molar-refractivity contribution in [3.8, 4) is 17.6 Å². The summed E-state index contributed by atoms with van der Waals surface area (Å²) in [7, 11) is 0. The van der Waals surface area contributed by atoms with Crippen molar-refractivity contribution in [2.45, 2.75) is 20.8 Å². The average Bonchev–Trinajstić information content (AvgIpc) is 2.35. The molecule has 0 aliphatic carbocycles. The normalized spacial score (nSPS) is 10.2. The Hall–Kier alpha value is -2.61. The predicted octanol–water partition coefficient (Wildman–Crippen LogP) is 3.39. The van der Waals surface area contributed by atoms with Gasteiger partial charge in [0.15, 0.2) is 11.6 Å². The second-order valence-corrected chi connectivity index (χ2v) is 4.58. The van der Waals surface area contributed by atoms with Gasteiger partial charge in [0.25, 0.3) is 0 Å². The summed E-state index contributed by atoms with van der Waals surface area (Å²) in [5, 5.41) is 9.15. The minimum atomic E-state index is -0.566. The first kappa shape index (κ1) is 13.8. The summed E-state index contributed by atoms with van der Waals surface area (Å²) in [5.74, 6) is -0.233. The van der Waals surface area contributed by atoms with Crippen LogP contribution < -0.4 is 10.5 Å². The smallest absolute Gasteiger partial charge is 0.167 e. The lowest BCUT2D eigenvalue weighted by Gasteiger charge is -2.12. The Morgan fingerprint density at radius 2 is 1.90 bits per heavy atom. The number of anilines is 1. The third kappa shape index (κ3) is 2.54. The molecule has 2 aromatic rings. The average molecular weight is 271 g/mol. The van der Waals surface area contributed by atoms with Crippen LogP contribution in [0.2, 0.25) is 0 Å². The number of rotatable bonds is 2. The van der Waals surface area contributed by atoms with Crippen molar-refractivity contribution in [3.05, 3.63) is 46.5 Å². The molecule has 0 unspecified atom stereocenters. The summed E-state index contributed by atoms with van der Waals surface area (Å²) in [6.45, 7) is 5.25. The maximum atomic E-state index is 13.8. The topological polar surface area (TPSA) is 71.9 Å². The van der Waals surface area contributed by atoms with Crippen LogP contribution >= 0.6 is 0 Å². The Morgan fingerprint density at radius 3 is 2.55 bits per heavy atom. The van der Waals surface area contributed by atoms with E-state index in [1.54, 1.807) is 26.8 Å². The number of hydrogen-bond donors (Lipinski definition) is 1. The van der Waals surface area contributed by atoms with E-state index in [2.05, 4.69) is 4.98 Å². The van der Waals surface area contributed by atoms with Gasteiger partial charge in [-0.2, -0.15) is 5.26 Å². The fourth-order valence-electron chi connectivity index (χ4n) is 1.88. The Kier molecular flexibility index (Phi) is 3.57. The third-order valence-electron chi connectivity index (χ3n) is 2.94. The number of ether oxygens (including phenoxy) is 1. The number of aryl methyl sites for hydroxylation is 3. The van der Waals surface area contributed by atoms with Crippen LogP contribution in [-0.2, 0) is 0 Å². The predicted molar refractivity (Wildman–Crippen MR) is 74.0 cm³/mol. The molecule has 20 heavy (non-hydrogen) atoms. The number of nitrogen functional groups attached to an aromatic ring is 1. The number of benzene rings is 1. The number of nitrogens with two attached hydrogens (primary N) is 1. The number of pyridine rings is 1. The molecule has 102 valence electrons. The molecule has 4 nitrogen and oxygen atoms in total. The molecule has 1 heterocycles. The standard InChI is InChI=1S/C15H14FN3O/c1-8-4-15(12(16)6-13(8)18)20-14-5-9(2)19-10(3)11(14)7-17/h4-6H,18H2,1-3H3. The van der Waals surface area contributed by atoms with Gasteiger partial charge in [-0.1, -0.05) is 0 Å². The van der Waals surface area contributed by atoms with Gasteiger partial charge in [-0.3, -0.25) is 4.98 Å². The third-order valence-corrected chi connectivity index (χ3v) is 2.94. The Labute approximate surface area is 116 Å². The van der Waals surface area contributed by atoms with E-state index in [1.165, 1.54) is 12.1 Å². The van der Waals surface area contributed by atoms with Gasteiger partial charge in [0, 0.05) is 23.5 Å². The van der Waals surface area contributed by atoms with Crippen LogP contribution in [0.5, 0.6) is 11.5 Å². The molecule has 0 saturated carbocycles. The van der Waals surface area contributed by atoms with Crippen LogP contribution in [0, 0.1) is 37.9 Å². The molecule has 0 radical (unpaired) electrons. The zero-order valence-corrected chi connectivity index (χ0v) is 11.5. The van der Waals surface area contributed by atoms with Crippen molar-refractivity contribution >= 4 is 5.69 Å². The minimum absolute atomic E-state index is 0.0400. The van der Waals surface area contributed by atoms with E-state index in [4.69, 9.17) is 15.7 Å². The van der Waals surface area contributed by atoms with Gasteiger partial charge in [-0.25, -0.2) is 4.39 Å². The van der Waals surface area contributed by atoms with Gasteiger partial charge in [-0.05, 0) is 32.4 Å². The molecule has 1 aromatic carbocycles. The summed E-state index contributed by atoms with van der Waals surface area (Å²) in [6.07, 6.45) is 0. The summed E-state index contributed by atoms with van der Waals surface area (Å²) in [6, 6.07) is 6.35. The maximum Gasteiger partial charge on any atom is 0.167 e. The lowest BCUT2D eigenvalue weighted by Crippen LogP contribution is -1.99. The molecule has 0 aliphatic heterocycles. The van der Waals surface area contributed by atoms with Crippen molar-refractivity contribution in [1.82, 2.24) is 4.98 Å². The van der Waals surface area contributed by atoms with E-state index in [9.17, 15) is 4.39 Å². The first-order valence-corrected chi connectivity index (χ1v) is 6.04. The molecule has 0 saturated heterocycles. The van der Waals surface area contributed by atoms with E-state index in [0.717, 1.165) is 0 Å². The Morgan fingerprint density at radius 1 is 1.20 bits per heavy atom. The first-order chi connectivity index (χ1) is 9.42. The second-order valence-electron chi connectivity index (χ2n) is 4.58. The van der Waals surface area contributed by atoms with Crippen LogP contribution in [0.1, 0.15) is 22.5 Å². The molecule has 0 amide bonds. The number of aromatic nitrogens is 1. The fourth-order valence-corrected chi connectivity index (χ4v) is 1.88. The number of hydrogen-bond acceptors (Lipinski definition) is 4. The molecule has 0 aliphatic rings. The van der Waals surface area contributed by atoms with Crippen molar-refractivity contribution in [2.75, 3.05) is 5.73 Å². The van der Waals surface area contributed by atoms with E-state index in [0.29, 0.717) is 34.0 Å². The van der Waals surface area contributed by atoms with Gasteiger partial charge in [0.05, 0.1) is 5.69 Å². The van der Waals surface area contributed by atoms with Crippen molar-refractivity contribution in [1.29, 1.82) is 5.26 Å². The number of nitriles is 1. The Bertz CT molecular complexity index is 720. The lowest BCUT2D eigenvalue weighted by molar-refractivity contribution is 0.439. The SMILES string of the molecule is Cc1cc(Oc2cc(C)c(N)cc2F)c(C#N)c(C)n1. The summed E-state index contributed by atoms with van der Waals surface area (Å²) >= 11 is 0. The van der Waals surface area contributed by atoms with Gasteiger partial charge < -0.3 is 10.5 Å². The van der Waals surface area contributed by atoms with Crippen LogP contribution in [0.15, 0.2) is 18.2 Å². The highest BCUT2D eigenvalue weighted by molar-refractivity contribution is 5.53. The molecule has 1 aromatic heterocycles. The van der Waals surface area contributed by atoms with Crippen molar-refractivity contribution < 1.29 is 9.13 Å². The summed E-state index contributed by atoms with van der Waals surface area (Å²) in [4.78, 5) is 4.18. The minimum Gasteiger partial charge on any atom is -0.453 e.